The van der Waals surface area contributed by atoms with Crippen molar-refractivity contribution >= 4 is 41.8 Å². The van der Waals surface area contributed by atoms with E-state index in [0.29, 0.717) is 6.42 Å². The first-order valence-corrected chi connectivity index (χ1v) is 14.9. The van der Waals surface area contributed by atoms with E-state index < -0.39 is 91.1 Å². The molecule has 0 saturated heterocycles. The molecule has 0 amide bonds. The predicted molar refractivity (Wildman–Crippen MR) is 160 cm³/mol. The van der Waals surface area contributed by atoms with Gasteiger partial charge in [-0.3, -0.25) is 24.0 Å². The molecular formula is C29H51N3O14. The number of hydrogen-bond donors (Lipinski definition) is 5. The Hall–Kier alpha value is -3.83. The summed E-state index contributed by atoms with van der Waals surface area (Å²) in [5, 5.41) is 18.3. The van der Waals surface area contributed by atoms with Crippen LogP contribution in [0.2, 0.25) is 0 Å². The van der Waals surface area contributed by atoms with Crippen molar-refractivity contribution in [3.05, 3.63) is 0 Å². The molecule has 46 heavy (non-hydrogen) atoms. The summed E-state index contributed by atoms with van der Waals surface area (Å²) in [7, 11) is 0. The first-order valence-electron chi connectivity index (χ1n) is 14.9. The third-order valence-electron chi connectivity index (χ3n) is 6.47. The van der Waals surface area contributed by atoms with Gasteiger partial charge < -0.3 is 51.1 Å². The second-order valence-electron chi connectivity index (χ2n) is 10.9. The maximum Gasteiger partial charge on any atom is 0.349 e. The van der Waals surface area contributed by atoms with Gasteiger partial charge in [0.2, 0.25) is 12.2 Å². The minimum atomic E-state index is -1.94. The lowest BCUT2D eigenvalue weighted by molar-refractivity contribution is -0.183. The molecular weight excluding hydrogens is 614 g/mol. The molecule has 8 N–H and O–H groups in total. The van der Waals surface area contributed by atoms with Crippen molar-refractivity contribution in [2.24, 2.45) is 35.0 Å². The average molecular weight is 666 g/mol. The fourth-order valence-electron chi connectivity index (χ4n) is 3.11. The summed E-state index contributed by atoms with van der Waals surface area (Å²) in [5.74, 6) is -8.03. The first-order chi connectivity index (χ1) is 21.2. The molecule has 0 saturated carbocycles. The van der Waals surface area contributed by atoms with Gasteiger partial charge in [-0.2, -0.15) is 0 Å². The normalized spacial score (nSPS) is 15.4. The monoisotopic (exact) mass is 665 g/mol. The Labute approximate surface area is 268 Å². The molecule has 0 aromatic rings. The zero-order chi connectivity index (χ0) is 36.3. The van der Waals surface area contributed by atoms with Crippen molar-refractivity contribution in [1.82, 2.24) is 0 Å². The number of carbonyl (C=O) groups excluding carboxylic acids is 5. The van der Waals surface area contributed by atoms with E-state index in [-0.39, 0.29) is 31.0 Å². The molecule has 0 rings (SSSR count). The number of carboxylic acid groups (broad SMARTS) is 2. The Balaban J connectivity index is 0. The highest BCUT2D eigenvalue weighted by Crippen LogP contribution is 2.16. The fourth-order valence-corrected chi connectivity index (χ4v) is 3.11. The van der Waals surface area contributed by atoms with Crippen LogP contribution in [0.3, 0.4) is 0 Å². The Kier molecular flexibility index (Phi) is 21.8. The zero-order valence-electron chi connectivity index (χ0n) is 27.8. The Morgan fingerprint density at radius 3 is 1.37 bits per heavy atom. The lowest BCUT2D eigenvalue weighted by atomic mass is 10.0. The van der Waals surface area contributed by atoms with Crippen LogP contribution in [0.15, 0.2) is 0 Å². The molecule has 7 atom stereocenters. The van der Waals surface area contributed by atoms with E-state index in [1.165, 1.54) is 0 Å². The van der Waals surface area contributed by atoms with Crippen LogP contribution in [0.1, 0.15) is 74.7 Å². The summed E-state index contributed by atoms with van der Waals surface area (Å²) >= 11 is 0. The molecule has 0 aromatic heterocycles. The molecule has 17 nitrogen and oxygen atoms in total. The SMILES string of the molecule is CCOC(=O)CC(OC(=O)C(N)C(C)C)C(OC(=O)C(N)C(C)C)C(=O)O.CCOC(=O)CC(OC(=O)C(N)C(C)CC)C(=O)O. The van der Waals surface area contributed by atoms with Gasteiger partial charge in [0.05, 0.1) is 26.1 Å². The van der Waals surface area contributed by atoms with Gasteiger partial charge in [-0.1, -0.05) is 48.0 Å². The van der Waals surface area contributed by atoms with Gasteiger partial charge in [0.15, 0.2) is 6.10 Å². The Morgan fingerprint density at radius 1 is 0.587 bits per heavy atom. The second-order valence-corrected chi connectivity index (χ2v) is 10.9. The van der Waals surface area contributed by atoms with Gasteiger partial charge >= 0.3 is 41.8 Å². The van der Waals surface area contributed by atoms with Crippen molar-refractivity contribution in [3.8, 4) is 0 Å². The summed E-state index contributed by atoms with van der Waals surface area (Å²) in [6, 6.07) is -3.03. The van der Waals surface area contributed by atoms with Gasteiger partial charge in [-0.15, -0.1) is 0 Å². The van der Waals surface area contributed by atoms with E-state index in [9.17, 15) is 38.7 Å². The molecule has 17 heteroatoms. The minimum Gasteiger partial charge on any atom is -0.478 e. The van der Waals surface area contributed by atoms with Crippen LogP contribution in [0.25, 0.3) is 0 Å². The minimum absolute atomic E-state index is 0.0424. The number of rotatable bonds is 19. The number of hydrogen-bond acceptors (Lipinski definition) is 15. The lowest BCUT2D eigenvalue weighted by Crippen LogP contribution is -2.49. The van der Waals surface area contributed by atoms with Crippen molar-refractivity contribution in [2.75, 3.05) is 13.2 Å². The van der Waals surface area contributed by atoms with Gasteiger partial charge in [0, 0.05) is 0 Å². The van der Waals surface area contributed by atoms with Crippen LogP contribution in [0.4, 0.5) is 0 Å². The molecule has 7 unspecified atom stereocenters. The van der Waals surface area contributed by atoms with Gasteiger partial charge in [0.1, 0.15) is 18.1 Å². The largest absolute Gasteiger partial charge is 0.478 e. The topological polar surface area (TPSA) is 284 Å². The molecule has 0 fully saturated rings. The molecule has 0 aliphatic rings. The first kappa shape index (κ1) is 44.3. The van der Waals surface area contributed by atoms with E-state index in [2.05, 4.69) is 4.74 Å². The molecule has 0 bridgehead atoms. The third-order valence-corrected chi connectivity index (χ3v) is 6.47. The van der Waals surface area contributed by atoms with Crippen molar-refractivity contribution in [3.63, 3.8) is 0 Å². The molecule has 0 aliphatic heterocycles. The number of nitrogens with two attached hydrogens (primary N) is 3. The lowest BCUT2D eigenvalue weighted by Gasteiger charge is -2.26. The summed E-state index contributed by atoms with van der Waals surface area (Å²) < 4.78 is 24.1. The standard InChI is InChI=1S/C17H30N2O8.C12H21NO6/c1-6-25-11(20)7-10(26-16(23)12(18)8(2)3)14(15(21)22)27-17(24)13(19)9(4)5;1-4-7(3)10(13)12(17)19-8(11(15)16)6-9(14)18-5-2/h8-10,12-14H,6-7,18-19H2,1-5H3,(H,21,22);7-8,10H,4-6,13H2,1-3H3,(H,15,16). The molecule has 266 valence electrons. The van der Waals surface area contributed by atoms with Crippen LogP contribution in [-0.2, 0) is 57.2 Å². The fraction of sp³-hybridized carbons (Fsp3) is 0.759. The van der Waals surface area contributed by atoms with Crippen molar-refractivity contribution in [2.45, 2.75) is 111 Å². The maximum atomic E-state index is 12.1. The van der Waals surface area contributed by atoms with Crippen molar-refractivity contribution in [1.29, 1.82) is 0 Å². The highest BCUT2D eigenvalue weighted by molar-refractivity contribution is 5.85. The van der Waals surface area contributed by atoms with Crippen LogP contribution >= 0.6 is 0 Å². The number of ether oxygens (including phenoxy) is 5. The molecule has 0 heterocycles. The second kappa shape index (κ2) is 22.6. The van der Waals surface area contributed by atoms with Gasteiger partial charge in [-0.25, -0.2) is 9.59 Å². The highest BCUT2D eigenvalue weighted by Gasteiger charge is 2.39. The number of carboxylic acids is 2. The smallest absolute Gasteiger partial charge is 0.349 e. The molecule has 0 aromatic carbocycles. The number of esters is 5. The van der Waals surface area contributed by atoms with E-state index in [1.807, 2.05) is 6.92 Å². The summed E-state index contributed by atoms with van der Waals surface area (Å²) in [4.78, 5) is 81.3. The molecule has 0 aliphatic carbocycles. The zero-order valence-corrected chi connectivity index (χ0v) is 27.8. The molecule has 0 spiro atoms. The summed E-state index contributed by atoms with van der Waals surface area (Å²) in [6.45, 7) is 13.6. The quantitative estimate of drug-likeness (QED) is 0.0904. The average Bonchev–Trinajstić information content (AvgIpc) is 2.97. The van der Waals surface area contributed by atoms with E-state index in [4.69, 9.17) is 41.3 Å². The number of carbonyl (C=O) groups is 7. The molecule has 0 radical (unpaired) electrons. The van der Waals surface area contributed by atoms with Crippen LogP contribution in [0, 0.1) is 17.8 Å². The third kappa shape index (κ3) is 17.0. The van der Waals surface area contributed by atoms with Crippen LogP contribution in [0.5, 0.6) is 0 Å². The van der Waals surface area contributed by atoms with E-state index in [0.717, 1.165) is 0 Å². The van der Waals surface area contributed by atoms with Gasteiger partial charge in [-0.05, 0) is 31.6 Å². The van der Waals surface area contributed by atoms with Crippen LogP contribution in [-0.4, -0.2) is 102 Å². The Bertz CT molecular complexity index is 1020. The summed E-state index contributed by atoms with van der Waals surface area (Å²) in [6.07, 6.45) is -5.60. The maximum absolute atomic E-state index is 12.1. The van der Waals surface area contributed by atoms with E-state index >= 15 is 0 Å². The summed E-state index contributed by atoms with van der Waals surface area (Å²) in [5.41, 5.74) is 17.0. The van der Waals surface area contributed by atoms with Crippen LogP contribution < -0.4 is 17.2 Å². The van der Waals surface area contributed by atoms with Gasteiger partial charge in [0.25, 0.3) is 0 Å². The predicted octanol–water partition coefficient (Wildman–Crippen LogP) is 0.124. The van der Waals surface area contributed by atoms with Crippen molar-refractivity contribution < 1.29 is 67.5 Å². The highest BCUT2D eigenvalue weighted by atomic mass is 16.6. The Morgan fingerprint density at radius 2 is 1.00 bits per heavy atom. The number of aliphatic carboxylic acids is 2. The van der Waals surface area contributed by atoms with E-state index in [1.54, 1.807) is 48.5 Å².